The van der Waals surface area contributed by atoms with Gasteiger partial charge in [0.1, 0.15) is 0 Å². The molecule has 110 valence electrons. The molecular formula is C12H16N2O5S. The lowest BCUT2D eigenvalue weighted by molar-refractivity contribution is -0.380. The predicted octanol–water partition coefficient (Wildman–Crippen LogP) is 2.28. The monoisotopic (exact) mass is 300 g/mol. The Morgan fingerprint density at radius 1 is 1.45 bits per heavy atom. The zero-order valence-electron chi connectivity index (χ0n) is 11.4. The molecule has 1 atom stereocenters. The van der Waals surface area contributed by atoms with Gasteiger partial charge in [0.15, 0.2) is 0 Å². The molecule has 1 aromatic rings. The molecule has 1 aromatic heterocycles. The third kappa shape index (κ3) is 4.30. The highest BCUT2D eigenvalue weighted by atomic mass is 32.1. The molecule has 0 aromatic carbocycles. The predicted molar refractivity (Wildman–Crippen MR) is 73.9 cm³/mol. The first-order chi connectivity index (χ1) is 9.11. The van der Waals surface area contributed by atoms with Gasteiger partial charge < -0.3 is 10.4 Å². The van der Waals surface area contributed by atoms with E-state index in [1.807, 2.05) is 20.8 Å². The number of carbonyl (C=O) groups is 2. The van der Waals surface area contributed by atoms with Crippen LogP contribution in [0.1, 0.15) is 36.9 Å². The van der Waals surface area contributed by atoms with Crippen molar-refractivity contribution < 1.29 is 19.6 Å². The summed E-state index contributed by atoms with van der Waals surface area (Å²) >= 11 is 0.762. The van der Waals surface area contributed by atoms with E-state index in [0.717, 1.165) is 11.3 Å². The van der Waals surface area contributed by atoms with E-state index < -0.39 is 28.3 Å². The number of amides is 1. The molecule has 0 radical (unpaired) electrons. The number of carboxylic acids is 1. The number of nitrogens with zero attached hydrogens (tertiary/aromatic N) is 1. The molecule has 20 heavy (non-hydrogen) atoms. The van der Waals surface area contributed by atoms with Gasteiger partial charge in [-0.25, -0.2) is 0 Å². The zero-order valence-corrected chi connectivity index (χ0v) is 12.2. The van der Waals surface area contributed by atoms with Gasteiger partial charge in [0.05, 0.1) is 16.2 Å². The summed E-state index contributed by atoms with van der Waals surface area (Å²) < 4.78 is 0. The van der Waals surface area contributed by atoms with Gasteiger partial charge in [-0.2, -0.15) is 0 Å². The van der Waals surface area contributed by atoms with Crippen LogP contribution in [-0.4, -0.2) is 27.9 Å². The number of aliphatic carboxylic acids is 1. The van der Waals surface area contributed by atoms with Crippen molar-refractivity contribution in [2.24, 2.45) is 5.41 Å². The van der Waals surface area contributed by atoms with Crippen molar-refractivity contribution in [2.75, 3.05) is 0 Å². The number of hydrogen-bond acceptors (Lipinski definition) is 5. The first kappa shape index (κ1) is 16.1. The second kappa shape index (κ2) is 6.00. The highest BCUT2D eigenvalue weighted by Crippen LogP contribution is 2.26. The smallest absolute Gasteiger partial charge is 0.324 e. The molecule has 2 N–H and O–H groups in total. The van der Waals surface area contributed by atoms with E-state index in [1.54, 1.807) is 0 Å². The van der Waals surface area contributed by atoms with Crippen molar-refractivity contribution in [2.45, 2.75) is 33.2 Å². The van der Waals surface area contributed by atoms with Crippen LogP contribution in [0.3, 0.4) is 0 Å². The number of hydrogen-bond donors (Lipinski definition) is 2. The topological polar surface area (TPSA) is 110 Å². The average molecular weight is 300 g/mol. The van der Waals surface area contributed by atoms with E-state index in [-0.39, 0.29) is 16.3 Å². The normalized spacial score (nSPS) is 12.8. The Balaban J connectivity index is 2.84. The van der Waals surface area contributed by atoms with Gasteiger partial charge in [-0.3, -0.25) is 19.7 Å². The molecule has 0 spiro atoms. The molecule has 0 fully saturated rings. The van der Waals surface area contributed by atoms with Crippen LogP contribution in [0.2, 0.25) is 0 Å². The second-order valence-corrected chi connectivity index (χ2v) is 6.45. The van der Waals surface area contributed by atoms with Crippen LogP contribution < -0.4 is 5.32 Å². The van der Waals surface area contributed by atoms with Crippen LogP contribution >= 0.6 is 11.3 Å². The van der Waals surface area contributed by atoms with Crippen LogP contribution in [0, 0.1) is 15.5 Å². The van der Waals surface area contributed by atoms with Gasteiger partial charge in [-0.15, -0.1) is 0 Å². The van der Waals surface area contributed by atoms with Gasteiger partial charge >= 0.3 is 11.0 Å². The van der Waals surface area contributed by atoms with E-state index in [1.165, 1.54) is 12.1 Å². The van der Waals surface area contributed by atoms with Crippen molar-refractivity contribution in [3.05, 3.63) is 27.1 Å². The van der Waals surface area contributed by atoms with Crippen molar-refractivity contribution >= 4 is 28.2 Å². The van der Waals surface area contributed by atoms with Crippen molar-refractivity contribution in [3.8, 4) is 0 Å². The van der Waals surface area contributed by atoms with E-state index in [4.69, 9.17) is 5.11 Å². The SMILES string of the molecule is CC(C)(C)C(CC(=O)O)NC(=O)c1ccc([N+](=O)[O-])s1. The quantitative estimate of drug-likeness (QED) is 0.640. The lowest BCUT2D eigenvalue weighted by Gasteiger charge is -2.30. The standard InChI is InChI=1S/C12H16N2O5S/c1-12(2,3)8(6-10(15)16)13-11(17)7-4-5-9(20-7)14(18)19/h4-5,8H,6H2,1-3H3,(H,13,17)(H,15,16). The second-order valence-electron chi connectivity index (χ2n) is 5.38. The Morgan fingerprint density at radius 3 is 2.45 bits per heavy atom. The summed E-state index contributed by atoms with van der Waals surface area (Å²) in [6.07, 6.45) is -0.206. The highest BCUT2D eigenvalue weighted by molar-refractivity contribution is 7.17. The van der Waals surface area contributed by atoms with E-state index in [2.05, 4.69) is 5.32 Å². The lowest BCUT2D eigenvalue weighted by Crippen LogP contribution is -2.44. The Labute approximate surface area is 119 Å². The summed E-state index contributed by atoms with van der Waals surface area (Å²) in [4.78, 5) is 33.0. The largest absolute Gasteiger partial charge is 0.481 e. The molecule has 8 heteroatoms. The summed E-state index contributed by atoms with van der Waals surface area (Å²) in [6.45, 7) is 5.45. The Morgan fingerprint density at radius 2 is 2.05 bits per heavy atom. The van der Waals surface area contributed by atoms with Gasteiger partial charge in [0, 0.05) is 12.1 Å². The number of carboxylic acid groups (broad SMARTS) is 1. The maximum Gasteiger partial charge on any atom is 0.324 e. The van der Waals surface area contributed by atoms with E-state index in [9.17, 15) is 19.7 Å². The van der Waals surface area contributed by atoms with Crippen LogP contribution in [0.15, 0.2) is 12.1 Å². The number of thiophene rings is 1. The molecule has 1 rings (SSSR count). The molecule has 1 amide bonds. The molecule has 0 bridgehead atoms. The number of rotatable bonds is 5. The third-order valence-electron chi connectivity index (χ3n) is 2.73. The van der Waals surface area contributed by atoms with Gasteiger partial charge in [0.2, 0.25) is 0 Å². The molecule has 0 aliphatic carbocycles. The number of nitro groups is 1. The molecular weight excluding hydrogens is 284 g/mol. The summed E-state index contributed by atoms with van der Waals surface area (Å²) in [6, 6.07) is 2.05. The first-order valence-electron chi connectivity index (χ1n) is 5.88. The van der Waals surface area contributed by atoms with Gasteiger partial charge in [0.25, 0.3) is 5.91 Å². The Kier molecular flexibility index (Phi) is 4.83. The maximum atomic E-state index is 12.0. The molecule has 0 saturated heterocycles. The number of nitrogens with one attached hydrogen (secondary N) is 1. The summed E-state index contributed by atoms with van der Waals surface area (Å²) in [7, 11) is 0. The molecule has 0 aliphatic heterocycles. The van der Waals surface area contributed by atoms with Crippen molar-refractivity contribution in [1.29, 1.82) is 0 Å². The van der Waals surface area contributed by atoms with Crippen molar-refractivity contribution in [3.63, 3.8) is 0 Å². The molecule has 1 unspecified atom stereocenters. The Hall–Kier alpha value is -1.96. The van der Waals surface area contributed by atoms with Gasteiger partial charge in [-0.1, -0.05) is 32.1 Å². The van der Waals surface area contributed by atoms with Gasteiger partial charge in [-0.05, 0) is 11.5 Å². The minimum Gasteiger partial charge on any atom is -0.481 e. The maximum absolute atomic E-state index is 12.0. The fourth-order valence-corrected chi connectivity index (χ4v) is 2.25. The van der Waals surface area contributed by atoms with Crippen LogP contribution in [0.5, 0.6) is 0 Å². The fraction of sp³-hybridized carbons (Fsp3) is 0.500. The first-order valence-corrected chi connectivity index (χ1v) is 6.70. The van der Waals surface area contributed by atoms with Crippen LogP contribution in [-0.2, 0) is 4.79 Å². The molecule has 1 heterocycles. The van der Waals surface area contributed by atoms with Crippen LogP contribution in [0.25, 0.3) is 0 Å². The summed E-state index contributed by atoms with van der Waals surface area (Å²) in [5.74, 6) is -1.51. The van der Waals surface area contributed by atoms with Crippen LogP contribution in [0.4, 0.5) is 5.00 Å². The zero-order chi connectivity index (χ0) is 15.5. The Bertz CT molecular complexity index is 532. The minimum atomic E-state index is -1.01. The van der Waals surface area contributed by atoms with E-state index >= 15 is 0 Å². The molecule has 7 nitrogen and oxygen atoms in total. The van der Waals surface area contributed by atoms with Crippen molar-refractivity contribution in [1.82, 2.24) is 5.32 Å². The molecule has 0 saturated carbocycles. The highest BCUT2D eigenvalue weighted by Gasteiger charge is 2.29. The number of carbonyl (C=O) groups excluding carboxylic acids is 1. The van der Waals surface area contributed by atoms with E-state index in [0.29, 0.717) is 0 Å². The minimum absolute atomic E-state index is 0.124. The summed E-state index contributed by atoms with van der Waals surface area (Å²) in [5.41, 5.74) is -0.433. The summed E-state index contributed by atoms with van der Waals surface area (Å²) in [5, 5.41) is 21.9. The average Bonchev–Trinajstić information content (AvgIpc) is 2.75. The molecule has 0 aliphatic rings. The third-order valence-corrected chi connectivity index (χ3v) is 3.76. The fourth-order valence-electron chi connectivity index (χ4n) is 1.53. The lowest BCUT2D eigenvalue weighted by atomic mass is 9.84.